The van der Waals surface area contributed by atoms with E-state index in [1.807, 2.05) is 25.1 Å². The molecule has 0 saturated carbocycles. The number of nitrogens with one attached hydrogen (secondary N) is 2. The molecule has 5 nitrogen and oxygen atoms in total. The van der Waals surface area contributed by atoms with E-state index in [1.165, 1.54) is 5.56 Å². The molecular formula is C15H20N4O. The molecule has 0 unspecified atom stereocenters. The molecule has 2 aromatic rings. The van der Waals surface area contributed by atoms with Gasteiger partial charge in [0, 0.05) is 31.6 Å². The summed E-state index contributed by atoms with van der Waals surface area (Å²) in [5, 5.41) is 6.32. The molecule has 2 N–H and O–H groups in total. The SMILES string of the molecule is CNc1ncc(C)c(Nc2ccccc2CCOC)n1. The van der Waals surface area contributed by atoms with Crippen molar-refractivity contribution in [3.05, 3.63) is 41.6 Å². The first kappa shape index (κ1) is 14.3. The highest BCUT2D eigenvalue weighted by atomic mass is 16.5. The van der Waals surface area contributed by atoms with E-state index in [1.54, 1.807) is 20.4 Å². The topological polar surface area (TPSA) is 59.1 Å². The molecule has 5 heteroatoms. The molecule has 0 aliphatic heterocycles. The normalized spacial score (nSPS) is 10.3. The van der Waals surface area contributed by atoms with Gasteiger partial charge < -0.3 is 15.4 Å². The summed E-state index contributed by atoms with van der Waals surface area (Å²) in [6, 6.07) is 8.18. The van der Waals surface area contributed by atoms with Gasteiger partial charge in [-0.3, -0.25) is 0 Å². The van der Waals surface area contributed by atoms with Gasteiger partial charge in [0.15, 0.2) is 0 Å². The number of rotatable bonds is 6. The maximum Gasteiger partial charge on any atom is 0.224 e. The number of anilines is 3. The van der Waals surface area contributed by atoms with Crippen LogP contribution in [-0.4, -0.2) is 30.7 Å². The number of benzene rings is 1. The molecule has 0 aliphatic carbocycles. The molecule has 0 atom stereocenters. The van der Waals surface area contributed by atoms with E-state index in [2.05, 4.69) is 26.7 Å². The Kier molecular flexibility index (Phi) is 4.90. The van der Waals surface area contributed by atoms with E-state index < -0.39 is 0 Å². The fourth-order valence-electron chi connectivity index (χ4n) is 1.89. The second kappa shape index (κ2) is 6.86. The summed E-state index contributed by atoms with van der Waals surface area (Å²) in [5.41, 5.74) is 3.26. The van der Waals surface area contributed by atoms with Crippen LogP contribution < -0.4 is 10.6 Å². The van der Waals surface area contributed by atoms with Crippen molar-refractivity contribution in [1.82, 2.24) is 9.97 Å². The Morgan fingerprint density at radius 2 is 2.05 bits per heavy atom. The number of aryl methyl sites for hydroxylation is 1. The number of ether oxygens (including phenoxy) is 1. The second-order valence-electron chi connectivity index (χ2n) is 4.50. The van der Waals surface area contributed by atoms with E-state index >= 15 is 0 Å². The minimum Gasteiger partial charge on any atom is -0.384 e. The van der Waals surface area contributed by atoms with E-state index in [9.17, 15) is 0 Å². The molecule has 0 saturated heterocycles. The van der Waals surface area contributed by atoms with Crippen LogP contribution in [0, 0.1) is 6.92 Å². The van der Waals surface area contributed by atoms with E-state index in [0.717, 1.165) is 23.5 Å². The Balaban J connectivity index is 2.25. The van der Waals surface area contributed by atoms with Gasteiger partial charge in [0.05, 0.1) is 6.61 Å². The van der Waals surface area contributed by atoms with E-state index in [4.69, 9.17) is 4.74 Å². The highest BCUT2D eigenvalue weighted by Gasteiger charge is 2.06. The molecule has 1 aromatic heterocycles. The Hall–Kier alpha value is -2.14. The quantitative estimate of drug-likeness (QED) is 0.846. The van der Waals surface area contributed by atoms with Crippen molar-refractivity contribution in [1.29, 1.82) is 0 Å². The standard InChI is InChI=1S/C15H20N4O/c1-11-10-17-15(16-2)19-14(11)18-13-7-5-4-6-12(13)8-9-20-3/h4-7,10H,8-9H2,1-3H3,(H2,16,17,18,19). The van der Waals surface area contributed by atoms with Crippen LogP contribution in [0.4, 0.5) is 17.5 Å². The van der Waals surface area contributed by atoms with Crippen LogP contribution in [0.5, 0.6) is 0 Å². The van der Waals surface area contributed by atoms with Gasteiger partial charge in [-0.2, -0.15) is 4.98 Å². The number of aromatic nitrogens is 2. The summed E-state index contributed by atoms with van der Waals surface area (Å²) in [6.07, 6.45) is 2.67. The lowest BCUT2D eigenvalue weighted by Gasteiger charge is -2.13. The second-order valence-corrected chi connectivity index (χ2v) is 4.50. The van der Waals surface area contributed by atoms with Crippen LogP contribution in [0.25, 0.3) is 0 Å². The number of methoxy groups -OCH3 is 1. The lowest BCUT2D eigenvalue weighted by atomic mass is 10.1. The van der Waals surface area contributed by atoms with Gasteiger partial charge in [0.1, 0.15) is 5.82 Å². The Labute approximate surface area is 119 Å². The number of hydrogen-bond acceptors (Lipinski definition) is 5. The molecular weight excluding hydrogens is 252 g/mol. The lowest BCUT2D eigenvalue weighted by Crippen LogP contribution is -2.05. The largest absolute Gasteiger partial charge is 0.384 e. The monoisotopic (exact) mass is 272 g/mol. The predicted molar refractivity (Wildman–Crippen MR) is 81.6 cm³/mol. The van der Waals surface area contributed by atoms with Crippen molar-refractivity contribution in [2.24, 2.45) is 0 Å². The van der Waals surface area contributed by atoms with Crippen LogP contribution in [-0.2, 0) is 11.2 Å². The maximum atomic E-state index is 5.15. The van der Waals surface area contributed by atoms with Crippen molar-refractivity contribution < 1.29 is 4.74 Å². The van der Waals surface area contributed by atoms with Crippen LogP contribution in [0.15, 0.2) is 30.5 Å². The molecule has 0 spiro atoms. The van der Waals surface area contributed by atoms with Crippen LogP contribution in [0.2, 0.25) is 0 Å². The zero-order valence-electron chi connectivity index (χ0n) is 12.1. The lowest BCUT2D eigenvalue weighted by molar-refractivity contribution is 0.202. The van der Waals surface area contributed by atoms with E-state index in [-0.39, 0.29) is 0 Å². The van der Waals surface area contributed by atoms with Gasteiger partial charge >= 0.3 is 0 Å². The average Bonchev–Trinajstić information content (AvgIpc) is 2.48. The molecule has 20 heavy (non-hydrogen) atoms. The minimum atomic E-state index is 0.604. The van der Waals surface area contributed by atoms with Gasteiger partial charge in [-0.15, -0.1) is 0 Å². The zero-order valence-corrected chi connectivity index (χ0v) is 12.1. The summed E-state index contributed by atoms with van der Waals surface area (Å²) in [6.45, 7) is 2.68. The zero-order chi connectivity index (χ0) is 14.4. The Morgan fingerprint density at radius 1 is 1.25 bits per heavy atom. The van der Waals surface area contributed by atoms with Crippen molar-refractivity contribution in [2.75, 3.05) is 31.4 Å². The highest BCUT2D eigenvalue weighted by Crippen LogP contribution is 2.22. The van der Waals surface area contributed by atoms with E-state index in [0.29, 0.717) is 12.6 Å². The average molecular weight is 272 g/mol. The molecule has 0 bridgehead atoms. The van der Waals surface area contributed by atoms with Gasteiger partial charge in [-0.25, -0.2) is 4.98 Å². The fraction of sp³-hybridized carbons (Fsp3) is 0.333. The molecule has 0 amide bonds. The summed E-state index contributed by atoms with van der Waals surface area (Å²) in [5.74, 6) is 1.42. The number of hydrogen-bond donors (Lipinski definition) is 2. The molecule has 1 aromatic carbocycles. The first-order valence-corrected chi connectivity index (χ1v) is 6.60. The molecule has 0 aliphatic rings. The van der Waals surface area contributed by atoms with Gasteiger partial charge in [-0.05, 0) is 25.0 Å². The first-order chi connectivity index (χ1) is 9.74. The molecule has 106 valence electrons. The maximum absolute atomic E-state index is 5.15. The first-order valence-electron chi connectivity index (χ1n) is 6.60. The third-order valence-corrected chi connectivity index (χ3v) is 3.04. The van der Waals surface area contributed by atoms with Gasteiger partial charge in [0.25, 0.3) is 0 Å². The van der Waals surface area contributed by atoms with Crippen molar-refractivity contribution >= 4 is 17.5 Å². The molecule has 0 radical (unpaired) electrons. The highest BCUT2D eigenvalue weighted by molar-refractivity contribution is 5.63. The number of para-hydroxylation sites is 1. The van der Waals surface area contributed by atoms with Crippen molar-refractivity contribution in [2.45, 2.75) is 13.3 Å². The molecule has 1 heterocycles. The smallest absolute Gasteiger partial charge is 0.224 e. The van der Waals surface area contributed by atoms with Crippen molar-refractivity contribution in [3.8, 4) is 0 Å². The Morgan fingerprint density at radius 3 is 2.80 bits per heavy atom. The third kappa shape index (κ3) is 3.45. The van der Waals surface area contributed by atoms with Crippen LogP contribution >= 0.6 is 0 Å². The van der Waals surface area contributed by atoms with Gasteiger partial charge in [-0.1, -0.05) is 18.2 Å². The summed E-state index contributed by atoms with van der Waals surface area (Å²) in [7, 11) is 3.52. The summed E-state index contributed by atoms with van der Waals surface area (Å²) < 4.78 is 5.15. The number of nitrogens with zero attached hydrogens (tertiary/aromatic N) is 2. The fourth-order valence-corrected chi connectivity index (χ4v) is 1.89. The van der Waals surface area contributed by atoms with Crippen molar-refractivity contribution in [3.63, 3.8) is 0 Å². The summed E-state index contributed by atoms with van der Waals surface area (Å²) >= 11 is 0. The minimum absolute atomic E-state index is 0.604. The molecule has 0 fully saturated rings. The van der Waals surface area contributed by atoms with Crippen LogP contribution in [0.3, 0.4) is 0 Å². The summed E-state index contributed by atoms with van der Waals surface area (Å²) in [4.78, 5) is 8.63. The third-order valence-electron chi connectivity index (χ3n) is 3.04. The molecule has 2 rings (SSSR count). The van der Waals surface area contributed by atoms with Crippen LogP contribution in [0.1, 0.15) is 11.1 Å². The Bertz CT molecular complexity index is 572. The van der Waals surface area contributed by atoms with Gasteiger partial charge in [0.2, 0.25) is 5.95 Å². The predicted octanol–water partition coefficient (Wildman–Crippen LogP) is 2.76.